The van der Waals surface area contributed by atoms with E-state index >= 15 is 0 Å². The molecule has 0 aromatic heterocycles. The maximum atomic E-state index is 13.2. The van der Waals surface area contributed by atoms with Crippen LogP contribution in [0.15, 0.2) is 0 Å². The monoisotopic (exact) mass is 187 g/mol. The van der Waals surface area contributed by atoms with Gasteiger partial charge >= 0.3 is 0 Å². The van der Waals surface area contributed by atoms with E-state index in [4.69, 9.17) is 0 Å². The highest BCUT2D eigenvalue weighted by atomic mass is 19.1. The largest absolute Gasteiger partial charge is 0.351 e. The van der Waals surface area contributed by atoms with Crippen molar-refractivity contribution in [2.24, 2.45) is 5.92 Å². The lowest BCUT2D eigenvalue weighted by Gasteiger charge is -2.16. The van der Waals surface area contributed by atoms with Crippen LogP contribution in [0, 0.1) is 5.92 Å². The highest BCUT2D eigenvalue weighted by Gasteiger charge is 2.24. The van der Waals surface area contributed by atoms with Crippen molar-refractivity contribution in [2.45, 2.75) is 51.7 Å². The third kappa shape index (κ3) is 2.98. The minimum Gasteiger partial charge on any atom is -0.351 e. The van der Waals surface area contributed by atoms with Gasteiger partial charge < -0.3 is 5.32 Å². The maximum absolute atomic E-state index is 13.2. The molecule has 3 heteroatoms. The minimum atomic E-state index is -1.35. The molecular weight excluding hydrogens is 169 g/mol. The summed E-state index contributed by atoms with van der Waals surface area (Å²) in [7, 11) is 0. The van der Waals surface area contributed by atoms with Crippen molar-refractivity contribution in [2.75, 3.05) is 0 Å². The van der Waals surface area contributed by atoms with Crippen molar-refractivity contribution in [3.05, 3.63) is 0 Å². The molecule has 13 heavy (non-hydrogen) atoms. The third-order valence-electron chi connectivity index (χ3n) is 2.54. The lowest BCUT2D eigenvalue weighted by atomic mass is 10.1. The smallest absolute Gasteiger partial charge is 0.255 e. The van der Waals surface area contributed by atoms with Gasteiger partial charge in [0.05, 0.1) is 0 Å². The normalized spacial score (nSPS) is 20.6. The quantitative estimate of drug-likeness (QED) is 0.719. The SMILES string of the molecule is CC(C)C(F)C(=O)NC1CCCC1. The number of amides is 1. The van der Waals surface area contributed by atoms with Crippen molar-refractivity contribution in [3.8, 4) is 0 Å². The third-order valence-corrected chi connectivity index (χ3v) is 2.54. The standard InChI is InChI=1S/C10H18FNO/c1-7(2)9(11)10(13)12-8-5-3-4-6-8/h7-9H,3-6H2,1-2H3,(H,12,13). The molecule has 1 unspecified atom stereocenters. The van der Waals surface area contributed by atoms with Gasteiger partial charge in [-0.2, -0.15) is 0 Å². The fourth-order valence-electron chi connectivity index (χ4n) is 1.65. The highest BCUT2D eigenvalue weighted by Crippen LogP contribution is 2.18. The van der Waals surface area contributed by atoms with Crippen LogP contribution in [0.2, 0.25) is 0 Å². The van der Waals surface area contributed by atoms with Gasteiger partial charge in [0.25, 0.3) is 5.91 Å². The molecule has 1 aliphatic carbocycles. The molecule has 1 aliphatic rings. The first kappa shape index (κ1) is 10.5. The number of carbonyl (C=O) groups is 1. The summed E-state index contributed by atoms with van der Waals surface area (Å²) < 4.78 is 13.2. The van der Waals surface area contributed by atoms with Gasteiger partial charge in [0, 0.05) is 6.04 Å². The van der Waals surface area contributed by atoms with Gasteiger partial charge in [-0.3, -0.25) is 4.79 Å². The van der Waals surface area contributed by atoms with Crippen LogP contribution in [0.4, 0.5) is 4.39 Å². The van der Waals surface area contributed by atoms with Gasteiger partial charge in [-0.1, -0.05) is 26.7 Å². The zero-order valence-corrected chi connectivity index (χ0v) is 8.35. The van der Waals surface area contributed by atoms with Gasteiger partial charge in [0.2, 0.25) is 0 Å². The predicted molar refractivity (Wildman–Crippen MR) is 50.1 cm³/mol. The van der Waals surface area contributed by atoms with E-state index in [1.54, 1.807) is 13.8 Å². The first-order chi connectivity index (χ1) is 6.11. The molecule has 0 bridgehead atoms. The van der Waals surface area contributed by atoms with E-state index in [0.29, 0.717) is 0 Å². The molecular formula is C10H18FNO. The second-order valence-corrected chi connectivity index (χ2v) is 4.14. The summed E-state index contributed by atoms with van der Waals surface area (Å²) in [6.07, 6.45) is 2.99. The van der Waals surface area contributed by atoms with E-state index in [2.05, 4.69) is 5.32 Å². The minimum absolute atomic E-state index is 0.221. The number of alkyl halides is 1. The Morgan fingerprint density at radius 3 is 2.38 bits per heavy atom. The van der Waals surface area contributed by atoms with Crippen molar-refractivity contribution in [1.29, 1.82) is 0 Å². The first-order valence-electron chi connectivity index (χ1n) is 5.05. The first-order valence-corrected chi connectivity index (χ1v) is 5.05. The maximum Gasteiger partial charge on any atom is 0.255 e. The summed E-state index contributed by atoms with van der Waals surface area (Å²) in [6.45, 7) is 3.44. The summed E-state index contributed by atoms with van der Waals surface area (Å²) in [5, 5.41) is 2.75. The Bertz CT molecular complexity index is 176. The zero-order chi connectivity index (χ0) is 9.84. The number of carbonyl (C=O) groups excluding carboxylic acids is 1. The van der Waals surface area contributed by atoms with Gasteiger partial charge in [-0.15, -0.1) is 0 Å². The summed E-state index contributed by atoms with van der Waals surface area (Å²) in [4.78, 5) is 11.3. The van der Waals surface area contributed by atoms with Gasteiger partial charge in [0.15, 0.2) is 6.17 Å². The number of rotatable bonds is 3. The molecule has 1 amide bonds. The van der Waals surface area contributed by atoms with E-state index < -0.39 is 12.1 Å². The predicted octanol–water partition coefficient (Wildman–Crippen LogP) is 2.04. The van der Waals surface area contributed by atoms with E-state index in [0.717, 1.165) is 25.7 Å². The van der Waals surface area contributed by atoms with Crippen LogP contribution < -0.4 is 5.32 Å². The van der Waals surface area contributed by atoms with Crippen molar-refractivity contribution >= 4 is 5.91 Å². The van der Waals surface area contributed by atoms with Crippen molar-refractivity contribution < 1.29 is 9.18 Å². The summed E-state index contributed by atoms with van der Waals surface area (Å²) in [5.74, 6) is -0.650. The molecule has 1 atom stereocenters. The fraction of sp³-hybridized carbons (Fsp3) is 0.900. The van der Waals surface area contributed by atoms with Crippen LogP contribution >= 0.6 is 0 Å². The van der Waals surface area contributed by atoms with Crippen LogP contribution in [0.1, 0.15) is 39.5 Å². The molecule has 0 aliphatic heterocycles. The molecule has 76 valence electrons. The van der Waals surface area contributed by atoms with Gasteiger partial charge in [0.1, 0.15) is 0 Å². The topological polar surface area (TPSA) is 29.1 Å². The molecule has 1 fully saturated rings. The number of hydrogen-bond donors (Lipinski definition) is 1. The molecule has 1 saturated carbocycles. The number of hydrogen-bond acceptors (Lipinski definition) is 1. The second-order valence-electron chi connectivity index (χ2n) is 4.14. The zero-order valence-electron chi connectivity index (χ0n) is 8.35. The Hall–Kier alpha value is -0.600. The van der Waals surface area contributed by atoms with Gasteiger partial charge in [-0.25, -0.2) is 4.39 Å². The van der Waals surface area contributed by atoms with E-state index in [1.165, 1.54) is 0 Å². The Labute approximate surface area is 78.9 Å². The van der Waals surface area contributed by atoms with E-state index in [1.807, 2.05) is 0 Å². The average molecular weight is 187 g/mol. The Morgan fingerprint density at radius 1 is 1.38 bits per heavy atom. The van der Waals surface area contributed by atoms with E-state index in [-0.39, 0.29) is 12.0 Å². The summed E-state index contributed by atoms with van der Waals surface area (Å²) >= 11 is 0. The second kappa shape index (κ2) is 4.58. The summed E-state index contributed by atoms with van der Waals surface area (Å²) in [5.41, 5.74) is 0. The fourth-order valence-corrected chi connectivity index (χ4v) is 1.65. The Morgan fingerprint density at radius 2 is 1.92 bits per heavy atom. The molecule has 0 spiro atoms. The van der Waals surface area contributed by atoms with Crippen LogP contribution in [0.25, 0.3) is 0 Å². The Kier molecular flexibility index (Phi) is 3.70. The van der Waals surface area contributed by atoms with Crippen LogP contribution in [0.3, 0.4) is 0 Å². The van der Waals surface area contributed by atoms with E-state index in [9.17, 15) is 9.18 Å². The molecule has 2 nitrogen and oxygen atoms in total. The summed E-state index contributed by atoms with van der Waals surface area (Å²) in [6, 6.07) is 0.226. The van der Waals surface area contributed by atoms with Crippen LogP contribution in [0.5, 0.6) is 0 Å². The molecule has 0 saturated heterocycles. The van der Waals surface area contributed by atoms with Crippen molar-refractivity contribution in [1.82, 2.24) is 5.32 Å². The average Bonchev–Trinajstić information content (AvgIpc) is 2.55. The lowest BCUT2D eigenvalue weighted by Crippen LogP contribution is -2.40. The van der Waals surface area contributed by atoms with Crippen molar-refractivity contribution in [3.63, 3.8) is 0 Å². The number of nitrogens with one attached hydrogen (secondary N) is 1. The van der Waals surface area contributed by atoms with Crippen LogP contribution in [-0.4, -0.2) is 18.1 Å². The molecule has 0 aromatic carbocycles. The molecule has 0 aromatic rings. The molecule has 0 heterocycles. The molecule has 1 N–H and O–H groups in total. The highest BCUT2D eigenvalue weighted by molar-refractivity contribution is 5.81. The number of halogens is 1. The molecule has 1 rings (SSSR count). The van der Waals surface area contributed by atoms with Crippen LogP contribution in [-0.2, 0) is 4.79 Å². The lowest BCUT2D eigenvalue weighted by molar-refractivity contribution is -0.128. The molecule has 0 radical (unpaired) electrons. The Balaban J connectivity index is 2.31. The van der Waals surface area contributed by atoms with Gasteiger partial charge in [-0.05, 0) is 18.8 Å².